The molecule has 0 spiro atoms. The quantitative estimate of drug-likeness (QED) is 0.553. The Morgan fingerprint density at radius 3 is 2.78 bits per heavy atom. The fourth-order valence-corrected chi connectivity index (χ4v) is 3.49. The Hall–Kier alpha value is -3.00. The van der Waals surface area contributed by atoms with Crippen LogP contribution in [0.5, 0.6) is 0 Å². The monoisotopic (exact) mass is 380 g/mol. The van der Waals surface area contributed by atoms with Crippen LogP contribution in [0.1, 0.15) is 30.4 Å². The molecule has 4 rings (SSSR count). The molecule has 4 aromatic heterocycles. The molecule has 1 amide bonds. The summed E-state index contributed by atoms with van der Waals surface area (Å²) in [5, 5.41) is 16.2. The van der Waals surface area contributed by atoms with Crippen molar-refractivity contribution in [3.63, 3.8) is 0 Å². The highest BCUT2D eigenvalue weighted by atomic mass is 32.1. The third-order valence-electron chi connectivity index (χ3n) is 4.68. The first-order valence-electron chi connectivity index (χ1n) is 8.75. The van der Waals surface area contributed by atoms with Crippen LogP contribution in [0, 0.1) is 5.92 Å². The van der Waals surface area contributed by atoms with E-state index in [1.807, 2.05) is 30.8 Å². The first kappa shape index (κ1) is 17.4. The lowest BCUT2D eigenvalue weighted by atomic mass is 10.1. The first-order chi connectivity index (χ1) is 13.0. The molecular formula is C19H20N6OS. The third-order valence-corrected chi connectivity index (χ3v) is 5.61. The van der Waals surface area contributed by atoms with Gasteiger partial charge in [0.05, 0.1) is 17.3 Å². The van der Waals surface area contributed by atoms with Crippen molar-refractivity contribution >= 4 is 22.9 Å². The second-order valence-corrected chi connectivity index (χ2v) is 7.77. The predicted octanol–water partition coefficient (Wildman–Crippen LogP) is 3.62. The number of aromatic nitrogens is 5. The van der Waals surface area contributed by atoms with E-state index in [0.717, 1.165) is 27.9 Å². The molecule has 0 aliphatic rings. The number of thiophene rings is 1. The number of aromatic amines is 1. The summed E-state index contributed by atoms with van der Waals surface area (Å²) < 4.78 is 1.75. The van der Waals surface area contributed by atoms with Crippen LogP contribution in [0.15, 0.2) is 42.4 Å². The second-order valence-electron chi connectivity index (χ2n) is 6.86. The number of nitrogens with zero attached hydrogens (tertiary/aromatic N) is 4. The zero-order valence-corrected chi connectivity index (χ0v) is 16.1. The molecule has 0 aromatic carbocycles. The highest BCUT2D eigenvalue weighted by Gasteiger charge is 2.17. The van der Waals surface area contributed by atoms with Crippen LogP contribution in [0.4, 0.5) is 0 Å². The highest BCUT2D eigenvalue weighted by molar-refractivity contribution is 7.12. The average Bonchev–Trinajstić information content (AvgIpc) is 3.39. The first-order valence-corrected chi connectivity index (χ1v) is 9.63. The van der Waals surface area contributed by atoms with E-state index in [-0.39, 0.29) is 11.9 Å². The van der Waals surface area contributed by atoms with E-state index in [0.29, 0.717) is 10.8 Å². The van der Waals surface area contributed by atoms with Gasteiger partial charge < -0.3 is 5.32 Å². The molecule has 138 valence electrons. The van der Waals surface area contributed by atoms with Gasteiger partial charge in [0.25, 0.3) is 5.91 Å². The van der Waals surface area contributed by atoms with Crippen LogP contribution >= 0.6 is 11.3 Å². The van der Waals surface area contributed by atoms with Crippen molar-refractivity contribution in [1.82, 2.24) is 30.1 Å². The minimum absolute atomic E-state index is 0.0425. The topological polar surface area (TPSA) is 88.0 Å². The average molecular weight is 380 g/mol. The summed E-state index contributed by atoms with van der Waals surface area (Å²) in [5.41, 5.74) is 4.48. The Balaban J connectivity index is 1.62. The smallest absolute Gasteiger partial charge is 0.261 e. The van der Waals surface area contributed by atoms with E-state index < -0.39 is 0 Å². The molecule has 27 heavy (non-hydrogen) atoms. The third kappa shape index (κ3) is 3.35. The normalized spacial score (nSPS) is 12.6. The molecule has 0 bridgehead atoms. The number of fused-ring (bicyclic) bond motifs is 1. The summed E-state index contributed by atoms with van der Waals surface area (Å²) in [6, 6.07) is 2.03. The summed E-state index contributed by atoms with van der Waals surface area (Å²) in [4.78, 5) is 17.7. The van der Waals surface area contributed by atoms with Gasteiger partial charge in [-0.15, -0.1) is 11.3 Å². The van der Waals surface area contributed by atoms with Crippen LogP contribution in [-0.4, -0.2) is 36.7 Å². The van der Waals surface area contributed by atoms with Crippen LogP contribution < -0.4 is 5.32 Å². The minimum Gasteiger partial charge on any atom is -0.349 e. The van der Waals surface area contributed by atoms with Gasteiger partial charge in [-0.05, 0) is 29.9 Å². The van der Waals surface area contributed by atoms with Crippen LogP contribution in [0.2, 0.25) is 0 Å². The van der Waals surface area contributed by atoms with E-state index in [9.17, 15) is 4.79 Å². The lowest BCUT2D eigenvalue weighted by molar-refractivity contribution is 0.0934. The van der Waals surface area contributed by atoms with Crippen molar-refractivity contribution < 1.29 is 4.79 Å². The van der Waals surface area contributed by atoms with Gasteiger partial charge in [-0.1, -0.05) is 13.8 Å². The molecule has 0 saturated carbocycles. The number of hydrogen-bond donors (Lipinski definition) is 2. The van der Waals surface area contributed by atoms with Crippen molar-refractivity contribution in [2.75, 3.05) is 0 Å². The van der Waals surface area contributed by atoms with Crippen molar-refractivity contribution in [3.8, 4) is 22.3 Å². The molecular weight excluding hydrogens is 360 g/mol. The molecule has 0 radical (unpaired) electrons. The molecule has 1 unspecified atom stereocenters. The summed E-state index contributed by atoms with van der Waals surface area (Å²) in [6.45, 7) is 6.20. The molecule has 0 aliphatic carbocycles. The zero-order chi connectivity index (χ0) is 19.0. The summed E-state index contributed by atoms with van der Waals surface area (Å²) in [6.07, 6.45) is 9.06. The lowest BCUT2D eigenvalue weighted by Gasteiger charge is -2.16. The molecule has 7 nitrogen and oxygen atoms in total. The summed E-state index contributed by atoms with van der Waals surface area (Å²) in [7, 11) is 0. The second kappa shape index (κ2) is 6.96. The lowest BCUT2D eigenvalue weighted by Crippen LogP contribution is -2.35. The Morgan fingerprint density at radius 1 is 1.19 bits per heavy atom. The number of rotatable bonds is 5. The SMILES string of the molecule is CC(C)C(C)NC(=O)c1cc(-c2cnn3cc(-c4cn[nH]c4)cnc23)cs1. The Labute approximate surface area is 160 Å². The van der Waals surface area contributed by atoms with Crippen molar-refractivity contribution in [3.05, 3.63) is 47.3 Å². The van der Waals surface area contributed by atoms with E-state index in [4.69, 9.17) is 0 Å². The maximum absolute atomic E-state index is 12.4. The fourth-order valence-electron chi connectivity index (χ4n) is 2.68. The molecule has 4 aromatic rings. The van der Waals surface area contributed by atoms with Gasteiger partial charge in [0, 0.05) is 41.3 Å². The summed E-state index contributed by atoms with van der Waals surface area (Å²) >= 11 is 1.43. The van der Waals surface area contributed by atoms with Gasteiger partial charge in [0.15, 0.2) is 5.65 Å². The summed E-state index contributed by atoms with van der Waals surface area (Å²) in [5.74, 6) is 0.348. The largest absolute Gasteiger partial charge is 0.349 e. The molecule has 2 N–H and O–H groups in total. The van der Waals surface area contributed by atoms with E-state index in [1.54, 1.807) is 23.1 Å². The van der Waals surface area contributed by atoms with Gasteiger partial charge in [0.1, 0.15) is 0 Å². The number of hydrogen-bond acceptors (Lipinski definition) is 5. The molecule has 0 aliphatic heterocycles. The number of amides is 1. The predicted molar refractivity (Wildman–Crippen MR) is 106 cm³/mol. The molecule has 4 heterocycles. The molecule has 1 atom stereocenters. The van der Waals surface area contributed by atoms with Crippen LogP contribution in [0.25, 0.3) is 27.9 Å². The maximum Gasteiger partial charge on any atom is 0.261 e. The fraction of sp³-hybridized carbons (Fsp3) is 0.263. The number of nitrogens with one attached hydrogen (secondary N) is 2. The Morgan fingerprint density at radius 2 is 2.04 bits per heavy atom. The zero-order valence-electron chi connectivity index (χ0n) is 15.3. The van der Waals surface area contributed by atoms with Gasteiger partial charge in [-0.2, -0.15) is 10.2 Å². The van der Waals surface area contributed by atoms with Crippen LogP contribution in [0.3, 0.4) is 0 Å². The van der Waals surface area contributed by atoms with Gasteiger partial charge in [-0.3, -0.25) is 9.89 Å². The van der Waals surface area contributed by atoms with Crippen molar-refractivity contribution in [2.24, 2.45) is 5.92 Å². The Kier molecular flexibility index (Phi) is 4.49. The van der Waals surface area contributed by atoms with Crippen molar-refractivity contribution in [2.45, 2.75) is 26.8 Å². The number of carbonyl (C=O) groups excluding carboxylic acids is 1. The minimum atomic E-state index is -0.0425. The number of carbonyl (C=O) groups is 1. The maximum atomic E-state index is 12.4. The highest BCUT2D eigenvalue weighted by Crippen LogP contribution is 2.29. The van der Waals surface area contributed by atoms with E-state index in [1.165, 1.54) is 11.3 Å². The Bertz CT molecular complexity index is 1080. The van der Waals surface area contributed by atoms with Gasteiger partial charge in [-0.25, -0.2) is 9.50 Å². The van der Waals surface area contributed by atoms with Crippen LogP contribution in [-0.2, 0) is 0 Å². The number of H-pyrrole nitrogens is 1. The van der Waals surface area contributed by atoms with E-state index in [2.05, 4.69) is 39.4 Å². The standard InChI is InChI=1S/C19H20N6OS/c1-11(2)12(3)24-19(26)17-4-13(10-27-17)16-8-23-25-9-15(5-20-18(16)25)14-6-21-22-7-14/h4-12H,1-3H3,(H,21,22)(H,24,26). The molecule has 0 fully saturated rings. The van der Waals surface area contributed by atoms with Gasteiger partial charge in [0.2, 0.25) is 0 Å². The van der Waals surface area contributed by atoms with Crippen molar-refractivity contribution in [1.29, 1.82) is 0 Å². The molecule has 8 heteroatoms. The van der Waals surface area contributed by atoms with E-state index >= 15 is 0 Å². The molecule has 0 saturated heterocycles. The van der Waals surface area contributed by atoms with Gasteiger partial charge >= 0.3 is 0 Å².